The minimum Gasteiger partial charge on any atom is -0.347 e. The fraction of sp³-hybridized carbons (Fsp3) is 0.462. The lowest BCUT2D eigenvalue weighted by Gasteiger charge is -2.61. The number of nitrogens with one attached hydrogen (secondary N) is 1. The van der Waals surface area contributed by atoms with E-state index in [1.165, 1.54) is 19.3 Å². The second-order valence-electron chi connectivity index (χ2n) is 5.20. The third kappa shape index (κ3) is 1.49. The Labute approximate surface area is 104 Å². The van der Waals surface area contributed by atoms with Gasteiger partial charge in [0.15, 0.2) is 0 Å². The van der Waals surface area contributed by atoms with Crippen molar-refractivity contribution < 1.29 is 4.79 Å². The van der Waals surface area contributed by atoms with E-state index >= 15 is 0 Å². The van der Waals surface area contributed by atoms with E-state index in [1.807, 2.05) is 25.1 Å². The summed E-state index contributed by atoms with van der Waals surface area (Å²) in [5.74, 6) is 0.954. The van der Waals surface area contributed by atoms with E-state index in [4.69, 9.17) is 0 Å². The smallest absolute Gasteiger partial charge is 0.252 e. The van der Waals surface area contributed by atoms with Crippen LogP contribution in [0, 0.1) is 12.8 Å². The number of benzene rings is 1. The minimum atomic E-state index is 0.0636. The van der Waals surface area contributed by atoms with Gasteiger partial charge in [-0.3, -0.25) is 4.79 Å². The Kier molecular flexibility index (Phi) is 2.15. The lowest BCUT2D eigenvalue weighted by atomic mass is 9.50. The third-order valence-electron chi connectivity index (χ3n) is 3.78. The molecule has 2 bridgehead atoms. The first kappa shape index (κ1) is 10.3. The summed E-state index contributed by atoms with van der Waals surface area (Å²) in [4.78, 5) is 12.1. The maximum atomic E-state index is 12.1. The molecule has 3 aliphatic carbocycles. The monoisotopic (exact) mass is 279 g/mol. The number of amides is 1. The molecule has 4 rings (SSSR count). The summed E-state index contributed by atoms with van der Waals surface area (Å²) in [6, 6.07) is 5.87. The number of carbonyl (C=O) groups is 1. The largest absolute Gasteiger partial charge is 0.347 e. The van der Waals surface area contributed by atoms with Gasteiger partial charge in [-0.15, -0.1) is 0 Å². The van der Waals surface area contributed by atoms with Crippen molar-refractivity contribution in [3.8, 4) is 0 Å². The topological polar surface area (TPSA) is 29.1 Å². The van der Waals surface area contributed by atoms with Crippen LogP contribution in [0.1, 0.15) is 35.2 Å². The highest BCUT2D eigenvalue weighted by Crippen LogP contribution is 2.57. The van der Waals surface area contributed by atoms with Gasteiger partial charge in [0.05, 0.1) is 5.56 Å². The number of hydrogen-bond acceptors (Lipinski definition) is 1. The van der Waals surface area contributed by atoms with Crippen molar-refractivity contribution in [2.24, 2.45) is 5.92 Å². The fourth-order valence-electron chi connectivity index (χ4n) is 2.75. The van der Waals surface area contributed by atoms with E-state index in [1.54, 1.807) is 0 Å². The van der Waals surface area contributed by atoms with Gasteiger partial charge in [-0.2, -0.15) is 0 Å². The standard InChI is InChI=1S/C13H14BrNO/c1-8-2-3-11(14)10(4-8)12(16)15-13-5-9(6-13)7-13/h2-4,9H,5-7H2,1H3,(H,15,16). The van der Waals surface area contributed by atoms with Gasteiger partial charge in [0.2, 0.25) is 0 Å². The highest BCUT2D eigenvalue weighted by atomic mass is 79.9. The molecule has 3 saturated carbocycles. The minimum absolute atomic E-state index is 0.0636. The van der Waals surface area contributed by atoms with Gasteiger partial charge < -0.3 is 5.32 Å². The molecule has 1 aromatic carbocycles. The molecule has 0 spiro atoms. The Morgan fingerprint density at radius 1 is 1.44 bits per heavy atom. The summed E-state index contributed by atoms with van der Waals surface area (Å²) in [6.45, 7) is 2.00. The van der Waals surface area contributed by atoms with Gasteiger partial charge in [-0.05, 0) is 60.2 Å². The SMILES string of the molecule is Cc1ccc(Br)c(C(=O)NC23CC(C2)C3)c1. The summed E-state index contributed by atoms with van der Waals surface area (Å²) in [6.07, 6.45) is 3.55. The molecule has 0 atom stereocenters. The zero-order valence-corrected chi connectivity index (χ0v) is 10.8. The predicted octanol–water partition coefficient (Wildman–Crippen LogP) is 3.04. The lowest BCUT2D eigenvalue weighted by molar-refractivity contribution is -0.0438. The molecular formula is C13H14BrNO. The van der Waals surface area contributed by atoms with Crippen LogP contribution in [0.15, 0.2) is 22.7 Å². The summed E-state index contributed by atoms with van der Waals surface area (Å²) in [7, 11) is 0. The zero-order chi connectivity index (χ0) is 11.3. The molecule has 0 aliphatic heterocycles. The molecule has 0 aromatic heterocycles. The van der Waals surface area contributed by atoms with Crippen LogP contribution in [0.5, 0.6) is 0 Å². The van der Waals surface area contributed by atoms with Crippen molar-refractivity contribution in [1.29, 1.82) is 0 Å². The second kappa shape index (κ2) is 3.33. The van der Waals surface area contributed by atoms with Crippen molar-refractivity contribution in [2.45, 2.75) is 31.7 Å². The lowest BCUT2D eigenvalue weighted by Crippen LogP contribution is -2.68. The molecule has 0 heterocycles. The molecule has 1 aromatic rings. The van der Waals surface area contributed by atoms with Gasteiger partial charge in [0.1, 0.15) is 0 Å². The van der Waals surface area contributed by atoms with Crippen molar-refractivity contribution in [3.05, 3.63) is 33.8 Å². The van der Waals surface area contributed by atoms with Crippen molar-refractivity contribution >= 4 is 21.8 Å². The first-order valence-corrected chi connectivity index (χ1v) is 6.46. The van der Waals surface area contributed by atoms with E-state index in [0.717, 1.165) is 21.5 Å². The van der Waals surface area contributed by atoms with Crippen LogP contribution in [0.4, 0.5) is 0 Å². The number of halogens is 1. The average molecular weight is 280 g/mol. The quantitative estimate of drug-likeness (QED) is 0.886. The first-order valence-electron chi connectivity index (χ1n) is 5.67. The molecule has 3 heteroatoms. The van der Waals surface area contributed by atoms with Crippen LogP contribution >= 0.6 is 15.9 Å². The van der Waals surface area contributed by atoms with E-state index in [-0.39, 0.29) is 11.4 Å². The normalized spacial score (nSPS) is 30.2. The second-order valence-corrected chi connectivity index (χ2v) is 6.05. The maximum absolute atomic E-state index is 12.1. The molecule has 84 valence electrons. The van der Waals surface area contributed by atoms with Gasteiger partial charge in [-0.25, -0.2) is 0 Å². The Morgan fingerprint density at radius 3 is 2.69 bits per heavy atom. The van der Waals surface area contributed by atoms with Crippen LogP contribution in [0.2, 0.25) is 0 Å². The van der Waals surface area contributed by atoms with Crippen LogP contribution in [-0.4, -0.2) is 11.4 Å². The molecule has 0 unspecified atom stereocenters. The maximum Gasteiger partial charge on any atom is 0.252 e. The summed E-state index contributed by atoms with van der Waals surface area (Å²) in [5, 5.41) is 3.17. The molecule has 3 fully saturated rings. The van der Waals surface area contributed by atoms with Gasteiger partial charge in [0, 0.05) is 10.0 Å². The Balaban J connectivity index is 1.80. The summed E-state index contributed by atoms with van der Waals surface area (Å²) >= 11 is 3.43. The Morgan fingerprint density at radius 2 is 2.12 bits per heavy atom. The third-order valence-corrected chi connectivity index (χ3v) is 4.47. The highest BCUT2D eigenvalue weighted by Gasteiger charge is 2.57. The molecular weight excluding hydrogens is 266 g/mol. The van der Waals surface area contributed by atoms with Crippen LogP contribution in [0.3, 0.4) is 0 Å². The van der Waals surface area contributed by atoms with E-state index < -0.39 is 0 Å². The van der Waals surface area contributed by atoms with Gasteiger partial charge in [-0.1, -0.05) is 11.6 Å². The van der Waals surface area contributed by atoms with Gasteiger partial charge in [0.25, 0.3) is 5.91 Å². The number of hydrogen-bond donors (Lipinski definition) is 1. The fourth-order valence-corrected chi connectivity index (χ4v) is 3.18. The molecule has 16 heavy (non-hydrogen) atoms. The summed E-state index contributed by atoms with van der Waals surface area (Å²) in [5.41, 5.74) is 2.03. The molecule has 2 nitrogen and oxygen atoms in total. The van der Waals surface area contributed by atoms with Crippen molar-refractivity contribution in [2.75, 3.05) is 0 Å². The van der Waals surface area contributed by atoms with E-state index in [9.17, 15) is 4.79 Å². The number of rotatable bonds is 2. The van der Waals surface area contributed by atoms with E-state index in [2.05, 4.69) is 21.2 Å². The molecule has 3 aliphatic rings. The van der Waals surface area contributed by atoms with Crippen molar-refractivity contribution in [1.82, 2.24) is 5.32 Å². The van der Waals surface area contributed by atoms with Crippen molar-refractivity contribution in [3.63, 3.8) is 0 Å². The number of aryl methyl sites for hydroxylation is 1. The Bertz CT molecular complexity index is 452. The molecule has 0 saturated heterocycles. The average Bonchev–Trinajstić information content (AvgIpc) is 2.13. The van der Waals surface area contributed by atoms with Gasteiger partial charge >= 0.3 is 0 Å². The molecule has 1 N–H and O–H groups in total. The first-order chi connectivity index (χ1) is 7.58. The highest BCUT2D eigenvalue weighted by molar-refractivity contribution is 9.10. The van der Waals surface area contributed by atoms with Crippen LogP contribution < -0.4 is 5.32 Å². The Hall–Kier alpha value is -0.830. The van der Waals surface area contributed by atoms with Crippen LogP contribution in [0.25, 0.3) is 0 Å². The van der Waals surface area contributed by atoms with E-state index in [0.29, 0.717) is 0 Å². The molecule has 1 amide bonds. The predicted molar refractivity (Wildman–Crippen MR) is 66.4 cm³/mol. The molecule has 0 radical (unpaired) electrons. The summed E-state index contributed by atoms with van der Waals surface area (Å²) < 4.78 is 0.877. The van der Waals surface area contributed by atoms with Crippen LogP contribution in [-0.2, 0) is 0 Å². The zero-order valence-electron chi connectivity index (χ0n) is 9.22. The number of carbonyl (C=O) groups excluding carboxylic acids is 1.